The summed E-state index contributed by atoms with van der Waals surface area (Å²) in [4.78, 5) is 0. The number of rotatable bonds is 2. The first-order chi connectivity index (χ1) is 10.6. The normalized spacial score (nSPS) is 11.9. The van der Waals surface area contributed by atoms with Gasteiger partial charge >= 0.3 is 12.5 Å². The lowest BCUT2D eigenvalue weighted by molar-refractivity contribution is -0.274. The summed E-state index contributed by atoms with van der Waals surface area (Å²) in [6, 6.07) is 7.42. The second-order valence-corrected chi connectivity index (χ2v) is 4.51. The van der Waals surface area contributed by atoms with Crippen LogP contribution in [0.3, 0.4) is 0 Å². The van der Waals surface area contributed by atoms with Crippen molar-refractivity contribution in [3.8, 4) is 29.2 Å². The Hall–Kier alpha value is -2.62. The first-order valence-electron chi connectivity index (χ1n) is 6.13. The third-order valence-electron chi connectivity index (χ3n) is 2.85. The van der Waals surface area contributed by atoms with Gasteiger partial charge in [-0.2, -0.15) is 13.2 Å². The van der Waals surface area contributed by atoms with E-state index in [0.29, 0.717) is 0 Å². The molecular formula is C16H8F6O. The van der Waals surface area contributed by atoms with Gasteiger partial charge in [0.2, 0.25) is 0 Å². The van der Waals surface area contributed by atoms with E-state index < -0.39 is 23.9 Å². The molecule has 0 aliphatic heterocycles. The Morgan fingerprint density at radius 3 is 1.91 bits per heavy atom. The van der Waals surface area contributed by atoms with Crippen LogP contribution in [0.4, 0.5) is 26.3 Å². The van der Waals surface area contributed by atoms with Crippen LogP contribution in [0.5, 0.6) is 5.75 Å². The molecule has 0 fully saturated rings. The van der Waals surface area contributed by atoms with Crippen LogP contribution in [0.1, 0.15) is 11.1 Å². The predicted octanol–water partition coefficient (Wildman–Crippen LogP) is 5.25. The number of hydrogen-bond donors (Lipinski definition) is 0. The molecule has 0 saturated heterocycles. The smallest absolute Gasteiger partial charge is 0.406 e. The van der Waals surface area contributed by atoms with E-state index >= 15 is 0 Å². The highest BCUT2D eigenvalue weighted by Crippen LogP contribution is 2.33. The van der Waals surface area contributed by atoms with Crippen LogP contribution in [-0.4, -0.2) is 6.36 Å². The summed E-state index contributed by atoms with van der Waals surface area (Å²) in [5.41, 5.74) is -0.252. The fraction of sp³-hybridized carbons (Fsp3) is 0.125. The average Bonchev–Trinajstić information content (AvgIpc) is 2.44. The van der Waals surface area contributed by atoms with Gasteiger partial charge in [0.25, 0.3) is 0 Å². The topological polar surface area (TPSA) is 9.23 Å². The van der Waals surface area contributed by atoms with E-state index in [0.717, 1.165) is 36.4 Å². The minimum absolute atomic E-state index is 0.113. The van der Waals surface area contributed by atoms with Crippen LogP contribution < -0.4 is 4.74 Å². The Kier molecular flexibility index (Phi) is 4.28. The third-order valence-corrected chi connectivity index (χ3v) is 2.85. The van der Waals surface area contributed by atoms with Gasteiger partial charge in [0.1, 0.15) is 5.75 Å². The minimum atomic E-state index is -4.90. The summed E-state index contributed by atoms with van der Waals surface area (Å²) in [5, 5.41) is 0. The van der Waals surface area contributed by atoms with E-state index in [-0.39, 0.29) is 16.7 Å². The molecule has 120 valence electrons. The second kappa shape index (κ2) is 5.88. The maximum atomic E-state index is 12.5. The summed E-state index contributed by atoms with van der Waals surface area (Å²) >= 11 is 0. The maximum Gasteiger partial charge on any atom is 0.573 e. The van der Waals surface area contributed by atoms with Crippen molar-refractivity contribution in [2.75, 3.05) is 0 Å². The molecule has 0 spiro atoms. The fourth-order valence-corrected chi connectivity index (χ4v) is 1.89. The van der Waals surface area contributed by atoms with Gasteiger partial charge in [-0.15, -0.1) is 19.6 Å². The number of ether oxygens (including phenoxy) is 1. The summed E-state index contributed by atoms with van der Waals surface area (Å²) in [6.45, 7) is 0. The monoisotopic (exact) mass is 330 g/mol. The molecule has 0 atom stereocenters. The highest BCUT2D eigenvalue weighted by molar-refractivity contribution is 5.68. The van der Waals surface area contributed by atoms with E-state index in [2.05, 4.69) is 10.7 Å². The highest BCUT2D eigenvalue weighted by atomic mass is 19.4. The van der Waals surface area contributed by atoms with Gasteiger partial charge in [-0.05, 0) is 41.5 Å². The standard InChI is InChI=1S/C16H8F6O/c1-2-10-7-12(9-14(8-10)23-16(20,21)22)11-3-5-13(6-4-11)15(17,18)19/h1,3-9H. The Balaban J connectivity index is 2.43. The number of hydrogen-bond acceptors (Lipinski definition) is 1. The zero-order chi connectivity index (χ0) is 17.3. The van der Waals surface area contributed by atoms with Crippen LogP contribution in [0.15, 0.2) is 42.5 Å². The fourth-order valence-electron chi connectivity index (χ4n) is 1.89. The summed E-state index contributed by atoms with van der Waals surface area (Å²) in [6.07, 6.45) is -4.22. The molecule has 2 aromatic carbocycles. The first-order valence-corrected chi connectivity index (χ1v) is 6.13. The molecule has 7 heteroatoms. The minimum Gasteiger partial charge on any atom is -0.406 e. The van der Waals surface area contributed by atoms with Crippen LogP contribution >= 0.6 is 0 Å². The molecule has 0 bridgehead atoms. The lowest BCUT2D eigenvalue weighted by atomic mass is 10.0. The third kappa shape index (κ3) is 4.42. The molecule has 0 saturated carbocycles. The summed E-state index contributed by atoms with van der Waals surface area (Å²) in [7, 11) is 0. The molecule has 0 radical (unpaired) electrons. The molecule has 23 heavy (non-hydrogen) atoms. The Morgan fingerprint density at radius 2 is 1.43 bits per heavy atom. The van der Waals surface area contributed by atoms with Crippen molar-refractivity contribution < 1.29 is 31.1 Å². The van der Waals surface area contributed by atoms with Crippen molar-refractivity contribution in [2.45, 2.75) is 12.5 Å². The van der Waals surface area contributed by atoms with E-state index in [1.54, 1.807) is 0 Å². The maximum absolute atomic E-state index is 12.5. The van der Waals surface area contributed by atoms with Crippen LogP contribution in [0, 0.1) is 12.3 Å². The molecule has 1 nitrogen and oxygen atoms in total. The number of halogens is 6. The van der Waals surface area contributed by atoms with Gasteiger partial charge in [0, 0.05) is 5.56 Å². The molecule has 2 rings (SSSR count). The first kappa shape index (κ1) is 16.7. The van der Waals surface area contributed by atoms with E-state index in [9.17, 15) is 26.3 Å². The van der Waals surface area contributed by atoms with E-state index in [1.807, 2.05) is 0 Å². The predicted molar refractivity (Wildman–Crippen MR) is 71.5 cm³/mol. The van der Waals surface area contributed by atoms with Gasteiger partial charge in [-0.3, -0.25) is 0 Å². The van der Waals surface area contributed by atoms with E-state index in [4.69, 9.17) is 6.42 Å². The lowest BCUT2D eigenvalue weighted by Gasteiger charge is -2.12. The SMILES string of the molecule is C#Cc1cc(OC(F)(F)F)cc(-c2ccc(C(F)(F)F)cc2)c1. The van der Waals surface area contributed by atoms with Gasteiger partial charge in [0.15, 0.2) is 0 Å². The molecule has 0 aliphatic rings. The average molecular weight is 330 g/mol. The zero-order valence-electron chi connectivity index (χ0n) is 11.3. The second-order valence-electron chi connectivity index (χ2n) is 4.51. The molecule has 0 aromatic heterocycles. The zero-order valence-corrected chi connectivity index (χ0v) is 11.3. The van der Waals surface area contributed by atoms with Crippen molar-refractivity contribution in [3.05, 3.63) is 53.6 Å². The number of alkyl halides is 6. The number of terminal acetylenes is 1. The van der Waals surface area contributed by atoms with Gasteiger partial charge in [0.05, 0.1) is 5.56 Å². The van der Waals surface area contributed by atoms with Gasteiger partial charge in [-0.1, -0.05) is 18.1 Å². The van der Waals surface area contributed by atoms with Crippen LogP contribution in [-0.2, 0) is 6.18 Å². The van der Waals surface area contributed by atoms with Crippen LogP contribution in [0.25, 0.3) is 11.1 Å². The van der Waals surface area contributed by atoms with Crippen LogP contribution in [0.2, 0.25) is 0 Å². The van der Waals surface area contributed by atoms with Gasteiger partial charge in [-0.25, -0.2) is 0 Å². The highest BCUT2D eigenvalue weighted by Gasteiger charge is 2.32. The molecular weight excluding hydrogens is 322 g/mol. The van der Waals surface area contributed by atoms with Crippen molar-refractivity contribution in [2.24, 2.45) is 0 Å². The molecule has 0 amide bonds. The van der Waals surface area contributed by atoms with Crippen molar-refractivity contribution in [3.63, 3.8) is 0 Å². The molecule has 0 unspecified atom stereocenters. The van der Waals surface area contributed by atoms with Gasteiger partial charge < -0.3 is 4.74 Å². The van der Waals surface area contributed by atoms with Crippen molar-refractivity contribution >= 4 is 0 Å². The van der Waals surface area contributed by atoms with E-state index in [1.165, 1.54) is 6.07 Å². The quantitative estimate of drug-likeness (QED) is 0.540. The molecule has 0 N–H and O–H groups in total. The summed E-state index contributed by atoms with van der Waals surface area (Å²) in [5.74, 6) is 1.63. The number of benzene rings is 2. The van der Waals surface area contributed by atoms with Crippen molar-refractivity contribution in [1.82, 2.24) is 0 Å². The Labute approximate surface area is 127 Å². The summed E-state index contributed by atoms with van der Waals surface area (Å²) < 4.78 is 78.3. The molecule has 2 aromatic rings. The largest absolute Gasteiger partial charge is 0.573 e. The van der Waals surface area contributed by atoms with Crippen molar-refractivity contribution in [1.29, 1.82) is 0 Å². The Bertz CT molecular complexity index is 735. The molecule has 0 aliphatic carbocycles. The lowest BCUT2D eigenvalue weighted by Crippen LogP contribution is -2.17. The Morgan fingerprint density at radius 1 is 0.826 bits per heavy atom. The molecule has 0 heterocycles.